The fourth-order valence-electron chi connectivity index (χ4n) is 3.02. The van der Waals surface area contributed by atoms with Gasteiger partial charge >= 0.3 is 6.09 Å². The average Bonchev–Trinajstić information content (AvgIpc) is 3.18. The van der Waals surface area contributed by atoms with Gasteiger partial charge in [0.2, 0.25) is 0 Å². The van der Waals surface area contributed by atoms with Gasteiger partial charge in [0.05, 0.1) is 0 Å². The molecule has 0 unspecified atom stereocenters. The number of piperidine rings is 1. The Bertz CT molecular complexity index is 350. The minimum Gasteiger partial charge on any atom is -0.444 e. The van der Waals surface area contributed by atoms with Crippen molar-refractivity contribution in [1.82, 2.24) is 10.2 Å². The Kier molecular flexibility index (Phi) is 5.18. The van der Waals surface area contributed by atoms with Crippen molar-refractivity contribution in [2.45, 2.75) is 65.4 Å². The molecule has 1 saturated carbocycles. The van der Waals surface area contributed by atoms with Gasteiger partial charge in [0, 0.05) is 19.6 Å². The highest BCUT2D eigenvalue weighted by Crippen LogP contribution is 2.47. The second kappa shape index (κ2) is 6.55. The molecule has 0 radical (unpaired) electrons. The maximum Gasteiger partial charge on any atom is 0.410 e. The van der Waals surface area contributed by atoms with Gasteiger partial charge in [-0.05, 0) is 70.8 Å². The summed E-state index contributed by atoms with van der Waals surface area (Å²) in [4.78, 5) is 13.9. The summed E-state index contributed by atoms with van der Waals surface area (Å²) in [5.74, 6) is 0.705. The average molecular weight is 296 g/mol. The van der Waals surface area contributed by atoms with Crippen molar-refractivity contribution in [2.24, 2.45) is 11.3 Å². The van der Waals surface area contributed by atoms with Gasteiger partial charge in [-0.3, -0.25) is 0 Å². The van der Waals surface area contributed by atoms with Crippen molar-refractivity contribution < 1.29 is 9.53 Å². The number of carbonyl (C=O) groups is 1. The summed E-state index contributed by atoms with van der Waals surface area (Å²) in [5.41, 5.74) is 0.228. The first kappa shape index (κ1) is 16.6. The Balaban J connectivity index is 1.63. The molecule has 122 valence electrons. The van der Waals surface area contributed by atoms with Crippen molar-refractivity contribution in [1.29, 1.82) is 0 Å². The van der Waals surface area contributed by atoms with Crippen molar-refractivity contribution in [2.75, 3.05) is 26.2 Å². The number of nitrogens with zero attached hydrogens (tertiary/aromatic N) is 1. The van der Waals surface area contributed by atoms with E-state index in [9.17, 15) is 4.79 Å². The first-order chi connectivity index (χ1) is 9.84. The molecular weight excluding hydrogens is 264 g/mol. The SMILES string of the molecule is CCC1(CNCC2CCN(C(=O)OC(C)(C)C)CC2)CC1. The smallest absolute Gasteiger partial charge is 0.410 e. The molecule has 4 heteroatoms. The highest BCUT2D eigenvalue weighted by Gasteiger charge is 2.40. The molecule has 0 bridgehead atoms. The lowest BCUT2D eigenvalue weighted by Crippen LogP contribution is -2.43. The standard InChI is InChI=1S/C17H32N2O2/c1-5-17(8-9-17)13-18-12-14-6-10-19(11-7-14)15(20)21-16(2,3)4/h14,18H,5-13H2,1-4H3. The largest absolute Gasteiger partial charge is 0.444 e. The highest BCUT2D eigenvalue weighted by atomic mass is 16.6. The van der Waals surface area contributed by atoms with Crippen LogP contribution in [0.4, 0.5) is 4.79 Å². The zero-order valence-corrected chi connectivity index (χ0v) is 14.2. The van der Waals surface area contributed by atoms with Gasteiger partial charge in [-0.15, -0.1) is 0 Å². The molecule has 0 atom stereocenters. The Hall–Kier alpha value is -0.770. The third kappa shape index (κ3) is 5.17. The number of carbonyl (C=O) groups excluding carboxylic acids is 1. The van der Waals surface area contributed by atoms with Crippen LogP contribution < -0.4 is 5.32 Å². The van der Waals surface area contributed by atoms with Crippen molar-refractivity contribution in [3.8, 4) is 0 Å². The van der Waals surface area contributed by atoms with Gasteiger partial charge in [-0.25, -0.2) is 4.79 Å². The van der Waals surface area contributed by atoms with E-state index >= 15 is 0 Å². The van der Waals surface area contributed by atoms with Crippen LogP contribution in [0.1, 0.15) is 59.8 Å². The van der Waals surface area contributed by atoms with E-state index in [1.165, 1.54) is 25.8 Å². The van der Waals surface area contributed by atoms with E-state index < -0.39 is 5.60 Å². The van der Waals surface area contributed by atoms with Gasteiger partial charge in [0.15, 0.2) is 0 Å². The summed E-state index contributed by atoms with van der Waals surface area (Å²) in [5, 5.41) is 3.66. The van der Waals surface area contributed by atoms with Crippen LogP contribution in [0.25, 0.3) is 0 Å². The third-order valence-corrected chi connectivity index (χ3v) is 4.91. The van der Waals surface area contributed by atoms with Gasteiger partial charge in [-0.2, -0.15) is 0 Å². The molecule has 1 aliphatic heterocycles. The summed E-state index contributed by atoms with van der Waals surface area (Å²) in [6.07, 6.45) is 6.12. The van der Waals surface area contributed by atoms with Crippen molar-refractivity contribution in [3.63, 3.8) is 0 Å². The molecule has 4 nitrogen and oxygen atoms in total. The fourth-order valence-corrected chi connectivity index (χ4v) is 3.02. The second-order valence-electron chi connectivity index (χ2n) is 7.90. The summed E-state index contributed by atoms with van der Waals surface area (Å²) >= 11 is 0. The number of nitrogens with one attached hydrogen (secondary N) is 1. The number of ether oxygens (including phenoxy) is 1. The molecule has 2 aliphatic rings. The number of hydrogen-bond donors (Lipinski definition) is 1. The summed E-state index contributed by atoms with van der Waals surface area (Å²) < 4.78 is 5.43. The van der Waals surface area contributed by atoms with Gasteiger partial charge < -0.3 is 15.0 Å². The molecule has 2 fully saturated rings. The first-order valence-corrected chi connectivity index (χ1v) is 8.52. The van der Waals surface area contributed by atoms with E-state index in [4.69, 9.17) is 4.74 Å². The van der Waals surface area contributed by atoms with E-state index in [-0.39, 0.29) is 6.09 Å². The fraction of sp³-hybridized carbons (Fsp3) is 0.941. The van der Waals surface area contributed by atoms with E-state index in [0.29, 0.717) is 11.3 Å². The minimum atomic E-state index is -0.395. The lowest BCUT2D eigenvalue weighted by Gasteiger charge is -2.33. The molecule has 0 spiro atoms. The van der Waals surface area contributed by atoms with Crippen molar-refractivity contribution >= 4 is 6.09 Å². The van der Waals surface area contributed by atoms with Crippen LogP contribution in [-0.2, 0) is 4.74 Å². The molecule has 1 N–H and O–H groups in total. The maximum atomic E-state index is 12.0. The Morgan fingerprint density at radius 2 is 1.90 bits per heavy atom. The molecule has 0 aromatic heterocycles. The number of rotatable bonds is 5. The summed E-state index contributed by atoms with van der Waals surface area (Å²) in [6.45, 7) is 12.0. The zero-order chi connectivity index (χ0) is 15.5. The lowest BCUT2D eigenvalue weighted by molar-refractivity contribution is 0.0184. The molecular formula is C17H32N2O2. The molecule has 1 amide bonds. The quantitative estimate of drug-likeness (QED) is 0.845. The number of likely N-dealkylation sites (tertiary alicyclic amines) is 1. The molecule has 1 aliphatic carbocycles. The summed E-state index contributed by atoms with van der Waals surface area (Å²) in [6, 6.07) is 0. The van der Waals surface area contributed by atoms with E-state index in [0.717, 1.165) is 32.5 Å². The van der Waals surface area contributed by atoms with Gasteiger partial charge in [-0.1, -0.05) is 6.92 Å². The first-order valence-electron chi connectivity index (χ1n) is 8.52. The molecule has 0 aromatic carbocycles. The number of amides is 1. The van der Waals surface area contributed by atoms with E-state index in [1.54, 1.807) is 0 Å². The molecule has 1 heterocycles. The van der Waals surface area contributed by atoms with Crippen molar-refractivity contribution in [3.05, 3.63) is 0 Å². The maximum absolute atomic E-state index is 12.0. The third-order valence-electron chi connectivity index (χ3n) is 4.91. The number of hydrogen-bond acceptors (Lipinski definition) is 3. The predicted octanol–water partition coefficient (Wildman–Crippen LogP) is 3.41. The van der Waals surface area contributed by atoms with Gasteiger partial charge in [0.1, 0.15) is 5.60 Å². The van der Waals surface area contributed by atoms with Crippen LogP contribution in [0.2, 0.25) is 0 Å². The lowest BCUT2D eigenvalue weighted by atomic mass is 9.96. The Labute approximate surface area is 129 Å². The second-order valence-corrected chi connectivity index (χ2v) is 7.90. The molecule has 0 aromatic rings. The Morgan fingerprint density at radius 1 is 1.29 bits per heavy atom. The summed E-state index contributed by atoms with van der Waals surface area (Å²) in [7, 11) is 0. The molecule has 2 rings (SSSR count). The zero-order valence-electron chi connectivity index (χ0n) is 14.2. The van der Waals surface area contributed by atoms with Crippen LogP contribution in [0.15, 0.2) is 0 Å². The van der Waals surface area contributed by atoms with Crippen LogP contribution in [0.5, 0.6) is 0 Å². The Morgan fingerprint density at radius 3 is 2.38 bits per heavy atom. The minimum absolute atomic E-state index is 0.156. The highest BCUT2D eigenvalue weighted by molar-refractivity contribution is 5.68. The molecule has 1 saturated heterocycles. The molecule has 21 heavy (non-hydrogen) atoms. The van der Waals surface area contributed by atoms with Crippen LogP contribution in [-0.4, -0.2) is 42.8 Å². The van der Waals surface area contributed by atoms with Crippen LogP contribution in [0, 0.1) is 11.3 Å². The van der Waals surface area contributed by atoms with Gasteiger partial charge in [0.25, 0.3) is 0 Å². The topological polar surface area (TPSA) is 41.6 Å². The van der Waals surface area contributed by atoms with Crippen LogP contribution >= 0.6 is 0 Å². The monoisotopic (exact) mass is 296 g/mol. The van der Waals surface area contributed by atoms with E-state index in [2.05, 4.69) is 12.2 Å². The normalized spacial score (nSPS) is 22.2. The van der Waals surface area contributed by atoms with E-state index in [1.807, 2.05) is 25.7 Å². The van der Waals surface area contributed by atoms with Crippen LogP contribution in [0.3, 0.4) is 0 Å². The predicted molar refractivity (Wildman–Crippen MR) is 85.4 cm³/mol.